The predicted molar refractivity (Wildman–Crippen MR) is 53.6 cm³/mol. The van der Waals surface area contributed by atoms with Crippen LogP contribution in [0.1, 0.15) is 29.4 Å². The van der Waals surface area contributed by atoms with E-state index in [-0.39, 0.29) is 0 Å². The van der Waals surface area contributed by atoms with E-state index in [2.05, 4.69) is 24.1 Å². The summed E-state index contributed by atoms with van der Waals surface area (Å²) in [6.45, 7) is 5.27. The van der Waals surface area contributed by atoms with Gasteiger partial charge in [-0.15, -0.1) is 11.3 Å². The first-order chi connectivity index (χ1) is 5.81. The van der Waals surface area contributed by atoms with Crippen molar-refractivity contribution in [1.82, 2.24) is 10.3 Å². The van der Waals surface area contributed by atoms with Crippen molar-refractivity contribution < 1.29 is 0 Å². The molecule has 68 valence electrons. The van der Waals surface area contributed by atoms with Crippen LogP contribution in [0.4, 0.5) is 0 Å². The minimum absolute atomic E-state index is 0.959. The zero-order valence-electron chi connectivity index (χ0n) is 7.98. The molecule has 0 radical (unpaired) electrons. The number of nitrogens with one attached hydrogen (secondary N) is 1. The fourth-order valence-corrected chi connectivity index (χ4v) is 2.27. The quantitative estimate of drug-likeness (QED) is 0.774. The highest BCUT2D eigenvalue weighted by Gasteiger charge is 2.06. The Bertz CT molecular complexity index is 243. The van der Waals surface area contributed by atoms with Gasteiger partial charge in [0.25, 0.3) is 0 Å². The fraction of sp³-hybridized carbons (Fsp3) is 0.667. The van der Waals surface area contributed by atoms with E-state index in [4.69, 9.17) is 0 Å². The highest BCUT2D eigenvalue weighted by molar-refractivity contribution is 7.11. The maximum absolute atomic E-state index is 4.54. The molecule has 0 amide bonds. The number of hydrogen-bond donors (Lipinski definition) is 1. The predicted octanol–water partition coefficient (Wildman–Crippen LogP) is 1.99. The lowest BCUT2D eigenvalue weighted by atomic mass is 10.3. The normalized spacial score (nSPS) is 10.6. The van der Waals surface area contributed by atoms with Crippen LogP contribution in [0.15, 0.2) is 0 Å². The van der Waals surface area contributed by atoms with Crippen molar-refractivity contribution in [3.63, 3.8) is 0 Å². The first kappa shape index (κ1) is 9.68. The van der Waals surface area contributed by atoms with Crippen LogP contribution in [0.3, 0.4) is 0 Å². The molecule has 0 aliphatic carbocycles. The average Bonchev–Trinajstić information content (AvgIpc) is 2.48. The third kappa shape index (κ3) is 2.05. The van der Waals surface area contributed by atoms with Crippen molar-refractivity contribution in [3.05, 3.63) is 15.6 Å². The van der Waals surface area contributed by atoms with E-state index in [1.165, 1.54) is 15.6 Å². The zero-order chi connectivity index (χ0) is 8.97. The lowest BCUT2D eigenvalue weighted by Crippen LogP contribution is -2.05. The number of hydrogen-bond acceptors (Lipinski definition) is 3. The van der Waals surface area contributed by atoms with E-state index in [9.17, 15) is 0 Å². The van der Waals surface area contributed by atoms with Gasteiger partial charge in [0.1, 0.15) is 0 Å². The molecule has 1 aromatic rings. The molecule has 0 spiro atoms. The van der Waals surface area contributed by atoms with Crippen LogP contribution in [0.5, 0.6) is 0 Å². The molecular weight excluding hydrogens is 168 g/mol. The van der Waals surface area contributed by atoms with Crippen molar-refractivity contribution in [2.45, 2.75) is 33.2 Å². The third-order valence-electron chi connectivity index (χ3n) is 1.80. The molecule has 0 atom stereocenters. The fourth-order valence-electron chi connectivity index (χ4n) is 1.16. The number of rotatable bonds is 4. The molecule has 1 rings (SSSR count). The molecular formula is C9H16N2S. The summed E-state index contributed by atoms with van der Waals surface area (Å²) in [6, 6.07) is 0. The van der Waals surface area contributed by atoms with E-state index in [0.29, 0.717) is 0 Å². The number of aryl methyl sites for hydroxylation is 2. The van der Waals surface area contributed by atoms with Crippen LogP contribution in [0, 0.1) is 0 Å². The second-order valence-corrected chi connectivity index (χ2v) is 3.88. The van der Waals surface area contributed by atoms with Gasteiger partial charge in [0.15, 0.2) is 0 Å². The molecule has 0 saturated carbocycles. The monoisotopic (exact) mass is 184 g/mol. The topological polar surface area (TPSA) is 24.9 Å². The van der Waals surface area contributed by atoms with Crippen LogP contribution in [0.2, 0.25) is 0 Å². The van der Waals surface area contributed by atoms with Crippen LogP contribution in [-0.4, -0.2) is 12.0 Å². The van der Waals surface area contributed by atoms with Crippen LogP contribution in [0.25, 0.3) is 0 Å². The summed E-state index contributed by atoms with van der Waals surface area (Å²) >= 11 is 1.84. The Morgan fingerprint density at radius 1 is 1.33 bits per heavy atom. The van der Waals surface area contributed by atoms with E-state index >= 15 is 0 Å². The molecule has 1 heterocycles. The molecule has 0 aromatic carbocycles. The molecule has 0 fully saturated rings. The largest absolute Gasteiger partial charge is 0.315 e. The van der Waals surface area contributed by atoms with Crippen molar-refractivity contribution in [2.24, 2.45) is 0 Å². The Hall–Kier alpha value is -0.410. The summed E-state index contributed by atoms with van der Waals surface area (Å²) in [4.78, 5) is 5.94. The van der Waals surface area contributed by atoms with Crippen LogP contribution >= 0.6 is 11.3 Å². The van der Waals surface area contributed by atoms with Gasteiger partial charge >= 0.3 is 0 Å². The minimum Gasteiger partial charge on any atom is -0.315 e. The van der Waals surface area contributed by atoms with Crippen LogP contribution < -0.4 is 5.32 Å². The van der Waals surface area contributed by atoms with Gasteiger partial charge in [-0.2, -0.15) is 0 Å². The van der Waals surface area contributed by atoms with Gasteiger partial charge in [0, 0.05) is 11.4 Å². The minimum atomic E-state index is 0.959. The maximum atomic E-state index is 4.54. The molecule has 3 heteroatoms. The zero-order valence-corrected chi connectivity index (χ0v) is 8.79. The van der Waals surface area contributed by atoms with E-state index in [1.54, 1.807) is 0 Å². The SMILES string of the molecule is CCc1nc(CC)c(CNC)s1. The molecule has 2 nitrogen and oxygen atoms in total. The lowest BCUT2D eigenvalue weighted by Gasteiger charge is -1.96. The van der Waals surface area contributed by atoms with Gasteiger partial charge in [-0.05, 0) is 19.9 Å². The third-order valence-corrected chi connectivity index (χ3v) is 3.04. The number of thiazole rings is 1. The molecule has 0 aliphatic rings. The van der Waals surface area contributed by atoms with Gasteiger partial charge < -0.3 is 5.32 Å². The highest BCUT2D eigenvalue weighted by Crippen LogP contribution is 2.19. The molecule has 0 unspecified atom stereocenters. The average molecular weight is 184 g/mol. The lowest BCUT2D eigenvalue weighted by molar-refractivity contribution is 0.813. The Balaban J connectivity index is 2.84. The van der Waals surface area contributed by atoms with Crippen molar-refractivity contribution >= 4 is 11.3 Å². The van der Waals surface area contributed by atoms with Gasteiger partial charge in [-0.3, -0.25) is 0 Å². The van der Waals surface area contributed by atoms with Gasteiger partial charge in [-0.1, -0.05) is 13.8 Å². The highest BCUT2D eigenvalue weighted by atomic mass is 32.1. The maximum Gasteiger partial charge on any atom is 0.0928 e. The Morgan fingerprint density at radius 3 is 2.58 bits per heavy atom. The van der Waals surface area contributed by atoms with E-state index in [0.717, 1.165) is 19.4 Å². The van der Waals surface area contributed by atoms with Crippen molar-refractivity contribution in [1.29, 1.82) is 0 Å². The van der Waals surface area contributed by atoms with Gasteiger partial charge in [0.2, 0.25) is 0 Å². The smallest absolute Gasteiger partial charge is 0.0928 e. The summed E-state index contributed by atoms with van der Waals surface area (Å²) in [7, 11) is 1.98. The second-order valence-electron chi connectivity index (χ2n) is 2.71. The summed E-state index contributed by atoms with van der Waals surface area (Å²) < 4.78 is 0. The standard InChI is InChI=1S/C9H16N2S/c1-4-7-8(6-10-3)12-9(5-2)11-7/h10H,4-6H2,1-3H3. The van der Waals surface area contributed by atoms with E-state index in [1.807, 2.05) is 18.4 Å². The van der Waals surface area contributed by atoms with Gasteiger partial charge in [0.05, 0.1) is 10.7 Å². The van der Waals surface area contributed by atoms with Crippen LogP contribution in [-0.2, 0) is 19.4 Å². The first-order valence-corrected chi connectivity index (χ1v) is 5.25. The molecule has 0 saturated heterocycles. The number of aromatic nitrogens is 1. The Morgan fingerprint density at radius 2 is 2.08 bits per heavy atom. The Kier molecular flexibility index (Phi) is 3.69. The number of nitrogens with zero attached hydrogens (tertiary/aromatic N) is 1. The summed E-state index contributed by atoms with van der Waals surface area (Å²) in [5.74, 6) is 0. The second kappa shape index (κ2) is 4.58. The molecule has 1 N–H and O–H groups in total. The molecule has 1 aromatic heterocycles. The summed E-state index contributed by atoms with van der Waals surface area (Å²) in [5, 5.41) is 4.43. The first-order valence-electron chi connectivity index (χ1n) is 4.43. The Labute approximate surface area is 78.0 Å². The van der Waals surface area contributed by atoms with Crippen molar-refractivity contribution in [3.8, 4) is 0 Å². The summed E-state index contributed by atoms with van der Waals surface area (Å²) in [5.41, 5.74) is 1.27. The molecule has 0 bridgehead atoms. The molecule has 0 aliphatic heterocycles. The van der Waals surface area contributed by atoms with Crippen molar-refractivity contribution in [2.75, 3.05) is 7.05 Å². The summed E-state index contributed by atoms with van der Waals surface area (Å²) in [6.07, 6.45) is 2.11. The molecule has 12 heavy (non-hydrogen) atoms. The van der Waals surface area contributed by atoms with E-state index < -0.39 is 0 Å². The van der Waals surface area contributed by atoms with Gasteiger partial charge in [-0.25, -0.2) is 4.98 Å².